The van der Waals surface area contributed by atoms with Gasteiger partial charge in [-0.3, -0.25) is 9.59 Å². The number of aryl methyl sites for hydroxylation is 1. The summed E-state index contributed by atoms with van der Waals surface area (Å²) in [4.78, 5) is 30.8. The van der Waals surface area contributed by atoms with Gasteiger partial charge in [0, 0.05) is 4.88 Å². The topological polar surface area (TPSA) is 79.3 Å². The molecule has 6 heteroatoms. The lowest BCUT2D eigenvalue weighted by molar-refractivity contribution is -0.148. The quantitative estimate of drug-likeness (QED) is 0.787. The number of thiazole rings is 1. The van der Waals surface area contributed by atoms with Crippen molar-refractivity contribution >= 4 is 28.3 Å². The van der Waals surface area contributed by atoms with E-state index in [1.165, 1.54) is 16.0 Å². The molecule has 2 saturated carbocycles. The van der Waals surface area contributed by atoms with Gasteiger partial charge in [-0.1, -0.05) is 18.1 Å². The van der Waals surface area contributed by atoms with Gasteiger partial charge in [-0.05, 0) is 63.7 Å². The number of carbonyl (C=O) groups is 2. The van der Waals surface area contributed by atoms with E-state index in [1.807, 2.05) is 13.8 Å². The van der Waals surface area contributed by atoms with Crippen molar-refractivity contribution in [1.29, 1.82) is 0 Å². The molecule has 4 rings (SSSR count). The Labute approximate surface area is 157 Å². The molecule has 2 bridgehead atoms. The van der Waals surface area contributed by atoms with Crippen LogP contribution in [0.1, 0.15) is 50.6 Å². The van der Waals surface area contributed by atoms with Crippen LogP contribution in [-0.4, -0.2) is 22.0 Å². The maximum atomic E-state index is 13.0. The van der Waals surface area contributed by atoms with Crippen LogP contribution in [0.15, 0.2) is 11.1 Å². The zero-order valence-electron chi connectivity index (χ0n) is 15.5. The van der Waals surface area contributed by atoms with Crippen molar-refractivity contribution in [3.8, 4) is 0 Å². The largest absolute Gasteiger partial charge is 0.481 e. The van der Waals surface area contributed by atoms with E-state index in [9.17, 15) is 14.7 Å². The Kier molecular flexibility index (Phi) is 4.41. The highest BCUT2D eigenvalue weighted by Gasteiger charge is 2.57. The van der Waals surface area contributed by atoms with Gasteiger partial charge in [0.25, 0.3) is 0 Å². The van der Waals surface area contributed by atoms with Crippen molar-refractivity contribution in [2.24, 2.45) is 29.6 Å². The van der Waals surface area contributed by atoms with Crippen LogP contribution in [0.4, 0.5) is 5.13 Å². The third-order valence-corrected chi connectivity index (χ3v) is 7.46. The molecule has 1 aromatic rings. The highest BCUT2D eigenvalue weighted by atomic mass is 32.1. The first kappa shape index (κ1) is 17.7. The smallest absolute Gasteiger partial charge is 0.307 e. The average molecular weight is 375 g/mol. The first-order valence-corrected chi connectivity index (χ1v) is 10.4. The second kappa shape index (κ2) is 6.48. The molecule has 3 aliphatic rings. The normalized spacial score (nSPS) is 32.4. The van der Waals surface area contributed by atoms with Crippen LogP contribution in [0.3, 0.4) is 0 Å². The zero-order chi connectivity index (χ0) is 18.6. The van der Waals surface area contributed by atoms with Crippen LogP contribution in [0.5, 0.6) is 0 Å². The molecule has 0 radical (unpaired) electrons. The summed E-state index contributed by atoms with van der Waals surface area (Å²) in [5, 5.41) is 13.4. The third-order valence-electron chi connectivity index (χ3n) is 6.42. The fourth-order valence-corrected chi connectivity index (χ4v) is 6.56. The number of allylic oxidation sites excluding steroid dienone is 2. The van der Waals surface area contributed by atoms with E-state index in [-0.39, 0.29) is 17.7 Å². The molecule has 140 valence electrons. The molecule has 26 heavy (non-hydrogen) atoms. The number of anilines is 1. The molecule has 5 atom stereocenters. The molecule has 0 unspecified atom stereocenters. The number of rotatable bonds is 3. The summed E-state index contributed by atoms with van der Waals surface area (Å²) in [6.07, 6.45) is 4.93. The summed E-state index contributed by atoms with van der Waals surface area (Å²) in [5.74, 6) is -1.34. The second-order valence-corrected chi connectivity index (χ2v) is 9.45. The second-order valence-electron chi connectivity index (χ2n) is 8.36. The Balaban J connectivity index is 1.58. The van der Waals surface area contributed by atoms with Crippen LogP contribution in [0.2, 0.25) is 0 Å². The van der Waals surface area contributed by atoms with Crippen molar-refractivity contribution < 1.29 is 14.7 Å². The fraction of sp³-hybridized carbons (Fsp3) is 0.650. The number of hydrogen-bond donors (Lipinski definition) is 2. The molecule has 0 aliphatic heterocycles. The Morgan fingerprint density at radius 1 is 1.15 bits per heavy atom. The van der Waals surface area contributed by atoms with E-state index in [2.05, 4.69) is 17.2 Å². The van der Waals surface area contributed by atoms with Crippen molar-refractivity contribution in [3.05, 3.63) is 21.7 Å². The Morgan fingerprint density at radius 3 is 2.50 bits per heavy atom. The summed E-state index contributed by atoms with van der Waals surface area (Å²) >= 11 is 1.56. The number of fused-ring (bicyclic) bond motifs is 3. The molecular formula is C20H26N2O3S. The molecule has 0 spiro atoms. The fourth-order valence-electron chi connectivity index (χ4n) is 5.39. The summed E-state index contributed by atoms with van der Waals surface area (Å²) in [6.45, 7) is 6.32. The van der Waals surface area contributed by atoms with Crippen molar-refractivity contribution in [3.63, 3.8) is 0 Å². The SMILES string of the molecule is CC(C)=C1[C@H]2CC[C@H]1[C@@H](C(=O)O)[C@H]2C(=O)Nc1nc2c(s1)C[C@@H](C)CC2. The molecule has 1 amide bonds. The Hall–Kier alpha value is -1.69. The van der Waals surface area contributed by atoms with Gasteiger partial charge >= 0.3 is 5.97 Å². The van der Waals surface area contributed by atoms with Gasteiger partial charge in [-0.2, -0.15) is 0 Å². The van der Waals surface area contributed by atoms with Crippen molar-refractivity contribution in [1.82, 2.24) is 4.98 Å². The minimum atomic E-state index is -0.844. The molecule has 2 N–H and O–H groups in total. The third kappa shape index (κ3) is 2.79. The Bertz CT molecular complexity index is 793. The highest BCUT2D eigenvalue weighted by molar-refractivity contribution is 7.15. The molecule has 5 nitrogen and oxygen atoms in total. The summed E-state index contributed by atoms with van der Waals surface area (Å²) in [5.41, 5.74) is 3.50. The lowest BCUT2D eigenvalue weighted by Gasteiger charge is -2.25. The molecule has 3 aliphatic carbocycles. The van der Waals surface area contributed by atoms with E-state index >= 15 is 0 Å². The van der Waals surface area contributed by atoms with Gasteiger partial charge in [0.05, 0.1) is 17.5 Å². The maximum Gasteiger partial charge on any atom is 0.307 e. The van der Waals surface area contributed by atoms with Crippen LogP contribution in [0, 0.1) is 29.6 Å². The van der Waals surface area contributed by atoms with Crippen LogP contribution < -0.4 is 5.32 Å². The first-order chi connectivity index (χ1) is 12.4. The predicted molar refractivity (Wildman–Crippen MR) is 101 cm³/mol. The zero-order valence-corrected chi connectivity index (χ0v) is 16.4. The molecule has 0 aromatic carbocycles. The van der Waals surface area contributed by atoms with Gasteiger partial charge in [0.15, 0.2) is 5.13 Å². The van der Waals surface area contributed by atoms with Crippen LogP contribution in [0.25, 0.3) is 0 Å². The van der Waals surface area contributed by atoms with Gasteiger partial charge in [-0.15, -0.1) is 11.3 Å². The minimum Gasteiger partial charge on any atom is -0.481 e. The number of aliphatic carboxylic acids is 1. The highest BCUT2D eigenvalue weighted by Crippen LogP contribution is 2.57. The molecule has 1 aromatic heterocycles. The van der Waals surface area contributed by atoms with Crippen molar-refractivity contribution in [2.45, 2.75) is 52.9 Å². The number of carboxylic acids is 1. The minimum absolute atomic E-state index is 0.0172. The van der Waals surface area contributed by atoms with E-state index < -0.39 is 17.8 Å². The first-order valence-electron chi connectivity index (χ1n) is 9.56. The van der Waals surface area contributed by atoms with Gasteiger partial charge < -0.3 is 10.4 Å². The number of aromatic nitrogens is 1. The summed E-state index contributed by atoms with van der Waals surface area (Å²) in [6, 6.07) is 0. The lowest BCUT2D eigenvalue weighted by atomic mass is 9.79. The van der Waals surface area contributed by atoms with Gasteiger partial charge in [0.2, 0.25) is 5.91 Å². The Morgan fingerprint density at radius 2 is 1.85 bits per heavy atom. The number of carbonyl (C=O) groups excluding carboxylic acids is 1. The number of carboxylic acid groups (broad SMARTS) is 1. The van der Waals surface area contributed by atoms with E-state index in [4.69, 9.17) is 0 Å². The van der Waals surface area contributed by atoms with Gasteiger partial charge in [0.1, 0.15) is 0 Å². The monoisotopic (exact) mass is 374 g/mol. The van der Waals surface area contributed by atoms with E-state index in [1.54, 1.807) is 11.3 Å². The van der Waals surface area contributed by atoms with Gasteiger partial charge in [-0.25, -0.2) is 4.98 Å². The summed E-state index contributed by atoms with van der Waals surface area (Å²) in [7, 11) is 0. The van der Waals surface area contributed by atoms with E-state index in [0.29, 0.717) is 11.0 Å². The standard InChI is InChI=1S/C20H26N2O3S/c1-9(2)15-11-5-6-12(15)17(19(24)25)16(11)18(23)22-20-21-13-7-4-10(3)8-14(13)26-20/h10-12,16-17H,4-8H2,1-3H3,(H,24,25)(H,21,22,23)/t10-,11+,12+,16-,17+/m0/s1. The average Bonchev–Trinajstić information content (AvgIpc) is 3.23. The molecule has 2 fully saturated rings. The molecule has 1 heterocycles. The van der Waals surface area contributed by atoms with E-state index in [0.717, 1.165) is 37.8 Å². The van der Waals surface area contributed by atoms with Crippen LogP contribution in [-0.2, 0) is 22.4 Å². The number of nitrogens with zero attached hydrogens (tertiary/aromatic N) is 1. The number of amides is 1. The molecule has 0 saturated heterocycles. The van der Waals surface area contributed by atoms with Crippen LogP contribution >= 0.6 is 11.3 Å². The molecular weight excluding hydrogens is 348 g/mol. The summed E-state index contributed by atoms with van der Waals surface area (Å²) < 4.78 is 0. The lowest BCUT2D eigenvalue weighted by Crippen LogP contribution is -2.37. The van der Waals surface area contributed by atoms with Crippen molar-refractivity contribution in [2.75, 3.05) is 5.32 Å². The predicted octanol–water partition coefficient (Wildman–Crippen LogP) is 3.90. The number of nitrogens with one attached hydrogen (secondary N) is 1. The number of hydrogen-bond acceptors (Lipinski definition) is 4. The maximum absolute atomic E-state index is 13.0.